The number of nitrogens with zero attached hydrogens (tertiary/aromatic N) is 1. The molecule has 12 heavy (non-hydrogen) atoms. The maximum absolute atomic E-state index is 10.5. The van der Waals surface area contributed by atoms with Gasteiger partial charge in [-0.15, -0.1) is 0 Å². The molecule has 0 aliphatic heterocycles. The van der Waals surface area contributed by atoms with E-state index in [1.165, 1.54) is 0 Å². The molecule has 66 valence electrons. The summed E-state index contributed by atoms with van der Waals surface area (Å²) in [5, 5.41) is 8.59. The Morgan fingerprint density at radius 1 is 1.50 bits per heavy atom. The zero-order chi connectivity index (χ0) is 8.43. The molecule has 0 radical (unpaired) electrons. The van der Waals surface area contributed by atoms with Gasteiger partial charge in [-0.1, -0.05) is 0 Å². The van der Waals surface area contributed by atoms with E-state index < -0.39 is 5.97 Å². The molecule has 0 aromatic carbocycles. The maximum atomic E-state index is 10.5. The summed E-state index contributed by atoms with van der Waals surface area (Å²) >= 11 is 0. The lowest BCUT2D eigenvalue weighted by Gasteiger charge is -1.93. The van der Waals surface area contributed by atoms with E-state index in [0.717, 1.165) is 5.69 Å². The normalized spacial score (nSPS) is 8.83. The molecule has 0 saturated carbocycles. The van der Waals surface area contributed by atoms with Crippen LogP contribution in [0.25, 0.3) is 0 Å². The van der Waals surface area contributed by atoms with E-state index in [-0.39, 0.29) is 24.0 Å². The number of aromatic nitrogens is 1. The first kappa shape index (κ1) is 11.4. The minimum Gasteiger partial charge on any atom is -1.00 e. The Balaban J connectivity index is 0.00000121. The van der Waals surface area contributed by atoms with Gasteiger partial charge in [-0.3, -0.25) is 0 Å². The number of aryl methyl sites for hydroxylation is 2. The molecule has 1 aromatic heterocycles. The predicted molar refractivity (Wildman–Crippen MR) is 39.3 cm³/mol. The van der Waals surface area contributed by atoms with Gasteiger partial charge in [0.15, 0.2) is 11.9 Å². The van der Waals surface area contributed by atoms with E-state index in [1.54, 1.807) is 22.9 Å². The highest BCUT2D eigenvalue weighted by Gasteiger charge is 2.07. The van der Waals surface area contributed by atoms with Crippen LogP contribution in [0.3, 0.4) is 0 Å². The number of carboxylic acids is 1. The van der Waals surface area contributed by atoms with Crippen LogP contribution in [0.2, 0.25) is 0 Å². The number of hydrogen-bond donors (Lipinski definition) is 1. The average Bonchev–Trinajstić information content (AvgIpc) is 1.94. The second-order valence-electron chi connectivity index (χ2n) is 2.48. The molecule has 0 atom stereocenters. The molecule has 3 nitrogen and oxygen atoms in total. The van der Waals surface area contributed by atoms with E-state index in [0.29, 0.717) is 5.56 Å². The zero-order valence-corrected chi connectivity index (χ0v) is 9.07. The Bertz CT molecular complexity index is 299. The zero-order valence-electron chi connectivity index (χ0n) is 6.91. The van der Waals surface area contributed by atoms with Crippen molar-refractivity contribution < 1.29 is 38.4 Å². The van der Waals surface area contributed by atoms with E-state index in [9.17, 15) is 4.79 Å². The number of rotatable bonds is 1. The first-order valence-electron chi connectivity index (χ1n) is 3.31. The van der Waals surface area contributed by atoms with Crippen molar-refractivity contribution in [2.24, 2.45) is 7.05 Å². The monoisotopic (exact) mass is 279 g/mol. The van der Waals surface area contributed by atoms with E-state index in [4.69, 9.17) is 5.11 Å². The first-order chi connectivity index (χ1) is 5.11. The third-order valence-electron chi connectivity index (χ3n) is 1.64. The highest BCUT2D eigenvalue weighted by molar-refractivity contribution is 5.86. The van der Waals surface area contributed by atoms with Gasteiger partial charge in [-0.2, -0.15) is 0 Å². The van der Waals surface area contributed by atoms with Crippen LogP contribution < -0.4 is 28.5 Å². The third kappa shape index (κ3) is 2.44. The van der Waals surface area contributed by atoms with Crippen molar-refractivity contribution in [2.75, 3.05) is 0 Å². The minimum atomic E-state index is -0.888. The van der Waals surface area contributed by atoms with Gasteiger partial charge < -0.3 is 29.1 Å². The van der Waals surface area contributed by atoms with Crippen LogP contribution in [0.4, 0.5) is 0 Å². The van der Waals surface area contributed by atoms with Crippen molar-refractivity contribution in [1.82, 2.24) is 0 Å². The molecule has 0 spiro atoms. The third-order valence-corrected chi connectivity index (χ3v) is 1.64. The Morgan fingerprint density at radius 3 is 2.50 bits per heavy atom. The minimum absolute atomic E-state index is 0. The Morgan fingerprint density at radius 2 is 2.08 bits per heavy atom. The number of carbonyl (C=O) groups is 1. The number of hydrogen-bond acceptors (Lipinski definition) is 1. The molecule has 1 rings (SSSR count). The van der Waals surface area contributed by atoms with Crippen LogP contribution in [0, 0.1) is 6.92 Å². The summed E-state index contributed by atoms with van der Waals surface area (Å²) in [6.45, 7) is 1.92. The second kappa shape index (κ2) is 4.39. The Hall–Kier alpha value is -0.650. The number of pyridine rings is 1. The van der Waals surface area contributed by atoms with Gasteiger partial charge in [0.2, 0.25) is 0 Å². The molecule has 0 fully saturated rings. The predicted octanol–water partition coefficient (Wildman–Crippen LogP) is -2.48. The summed E-state index contributed by atoms with van der Waals surface area (Å²) in [5.74, 6) is -0.888. The molecular formula is C8H10INO2. The molecule has 0 aliphatic rings. The molecule has 0 bridgehead atoms. The second-order valence-corrected chi connectivity index (χ2v) is 2.48. The van der Waals surface area contributed by atoms with Gasteiger partial charge in [0, 0.05) is 13.0 Å². The van der Waals surface area contributed by atoms with Gasteiger partial charge in [0.1, 0.15) is 12.6 Å². The molecule has 0 amide bonds. The van der Waals surface area contributed by atoms with Gasteiger partial charge in [0.05, 0.1) is 0 Å². The van der Waals surface area contributed by atoms with E-state index in [2.05, 4.69) is 0 Å². The van der Waals surface area contributed by atoms with Crippen molar-refractivity contribution in [3.05, 3.63) is 29.6 Å². The summed E-state index contributed by atoms with van der Waals surface area (Å²) in [7, 11) is 1.82. The number of aromatic carboxylic acids is 1. The number of carboxylic acid groups (broad SMARTS) is 1. The van der Waals surface area contributed by atoms with Gasteiger partial charge in [0.25, 0.3) is 0 Å². The molecular weight excluding hydrogens is 269 g/mol. The fraction of sp³-hybridized carbons (Fsp3) is 0.250. The summed E-state index contributed by atoms with van der Waals surface area (Å²) < 4.78 is 1.78. The molecule has 1 heterocycles. The quantitative estimate of drug-likeness (QED) is 0.457. The topological polar surface area (TPSA) is 41.2 Å². The Labute approximate surface area is 88.1 Å². The van der Waals surface area contributed by atoms with Crippen LogP contribution in [0.15, 0.2) is 18.3 Å². The standard InChI is InChI=1S/C8H9NO2.HI/c1-6-3-4-7(8(10)11)5-9(6)2;/h3-5H,1-2H3;1H. The molecule has 0 aliphatic carbocycles. The van der Waals surface area contributed by atoms with Crippen molar-refractivity contribution >= 4 is 5.97 Å². The highest BCUT2D eigenvalue weighted by atomic mass is 127. The van der Waals surface area contributed by atoms with Crippen LogP contribution in [-0.4, -0.2) is 11.1 Å². The fourth-order valence-electron chi connectivity index (χ4n) is 0.808. The van der Waals surface area contributed by atoms with Crippen LogP contribution in [0.5, 0.6) is 0 Å². The smallest absolute Gasteiger partial charge is 0.341 e. The van der Waals surface area contributed by atoms with E-state index in [1.807, 2.05) is 14.0 Å². The summed E-state index contributed by atoms with van der Waals surface area (Å²) in [6.07, 6.45) is 1.59. The van der Waals surface area contributed by atoms with Crippen molar-refractivity contribution in [3.8, 4) is 0 Å². The maximum Gasteiger partial charge on any atom is 0.341 e. The van der Waals surface area contributed by atoms with Crippen molar-refractivity contribution in [2.45, 2.75) is 6.92 Å². The van der Waals surface area contributed by atoms with Gasteiger partial charge in [-0.05, 0) is 6.07 Å². The molecule has 4 heteroatoms. The average molecular weight is 279 g/mol. The van der Waals surface area contributed by atoms with Crippen molar-refractivity contribution in [1.29, 1.82) is 0 Å². The Kier molecular flexibility index (Phi) is 4.16. The molecule has 0 saturated heterocycles. The fourth-order valence-corrected chi connectivity index (χ4v) is 0.808. The van der Waals surface area contributed by atoms with Crippen LogP contribution in [0.1, 0.15) is 16.1 Å². The van der Waals surface area contributed by atoms with Crippen LogP contribution in [-0.2, 0) is 7.05 Å². The molecule has 0 unspecified atom stereocenters. The summed E-state index contributed by atoms with van der Waals surface area (Å²) in [4.78, 5) is 10.5. The van der Waals surface area contributed by atoms with E-state index >= 15 is 0 Å². The summed E-state index contributed by atoms with van der Waals surface area (Å²) in [6, 6.07) is 3.38. The molecule has 1 aromatic rings. The summed E-state index contributed by atoms with van der Waals surface area (Å²) in [5.41, 5.74) is 1.35. The SMILES string of the molecule is Cc1ccc(C(=O)O)c[n+]1C.[I-]. The lowest BCUT2D eigenvalue weighted by Crippen LogP contribution is -3.00. The first-order valence-corrected chi connectivity index (χ1v) is 3.31. The highest BCUT2D eigenvalue weighted by Crippen LogP contribution is 1.95. The largest absolute Gasteiger partial charge is 1.00 e. The molecule has 1 N–H and O–H groups in total. The lowest BCUT2D eigenvalue weighted by atomic mass is 10.2. The van der Waals surface area contributed by atoms with Gasteiger partial charge >= 0.3 is 5.97 Å². The van der Waals surface area contributed by atoms with Crippen molar-refractivity contribution in [3.63, 3.8) is 0 Å². The lowest BCUT2D eigenvalue weighted by molar-refractivity contribution is -0.677. The van der Waals surface area contributed by atoms with Crippen LogP contribution >= 0.6 is 0 Å². The van der Waals surface area contributed by atoms with Gasteiger partial charge in [-0.25, -0.2) is 9.36 Å². The number of halogens is 1.